The summed E-state index contributed by atoms with van der Waals surface area (Å²) in [4.78, 5) is 58.6. The van der Waals surface area contributed by atoms with Crippen LogP contribution in [0.2, 0.25) is 0 Å². The van der Waals surface area contributed by atoms with Crippen molar-refractivity contribution >= 4 is 43.9 Å². The summed E-state index contributed by atoms with van der Waals surface area (Å²) >= 11 is 0. The Morgan fingerprint density at radius 1 is 0.522 bits per heavy atom. The van der Waals surface area contributed by atoms with Gasteiger partial charge in [0.05, 0.1) is 55.8 Å². The van der Waals surface area contributed by atoms with Crippen LogP contribution >= 0.6 is 0 Å². The van der Waals surface area contributed by atoms with E-state index in [1.54, 1.807) is 84.1 Å². The standard InChI is InChI=1S/C26H27NO8.C25H25NO7.CH4/c1-31-12-10-27(33-3,11-13-32-2)16-21-22(28)9-8-18-19(15-24(29)35-25(18)21)20-14-17-6-4-5-7-23(17)34-26(20)30;1-30-11-9-26(10-12-31-2)15-20-21(27)8-7-17-18(14-23(28)33-24(17)20)19-13-16-5-3-4-6-22(16)32-25(19)29;/h4-9,14-15H,10-13,16H2,1-3H3;3-8,13-14,27H,9-12,15H2,1-2H3;1H4/p+1. The first-order valence-electron chi connectivity index (χ1n) is 21.7. The second kappa shape index (κ2) is 23.4. The predicted molar refractivity (Wildman–Crippen MR) is 261 cm³/mol. The molecule has 0 aliphatic carbocycles. The minimum Gasteiger partial charge on any atom is -0.507 e. The maximum Gasteiger partial charge on any atom is 0.344 e. The fraction of sp³-hybridized carbons (Fsp3) is 0.308. The van der Waals surface area contributed by atoms with Crippen molar-refractivity contribution in [3.8, 4) is 33.8 Å². The average Bonchev–Trinajstić information content (AvgIpc) is 3.34. The number of hydrogen-bond donors (Lipinski definition) is 2. The lowest BCUT2D eigenvalue weighted by atomic mass is 9.99. The van der Waals surface area contributed by atoms with Gasteiger partial charge in [0.25, 0.3) is 0 Å². The second-order valence-corrected chi connectivity index (χ2v) is 15.9. The fourth-order valence-electron chi connectivity index (χ4n) is 8.05. The third kappa shape index (κ3) is 11.7. The van der Waals surface area contributed by atoms with E-state index in [0.717, 1.165) is 10.8 Å². The summed E-state index contributed by atoms with van der Waals surface area (Å²) in [6, 6.07) is 26.5. The van der Waals surface area contributed by atoms with E-state index in [0.29, 0.717) is 103 Å². The average molecular weight is 950 g/mol. The Bertz CT molecular complexity index is 3270. The molecule has 4 heterocycles. The molecule has 0 amide bonds. The van der Waals surface area contributed by atoms with E-state index >= 15 is 0 Å². The van der Waals surface area contributed by atoms with Crippen molar-refractivity contribution in [2.45, 2.75) is 20.5 Å². The van der Waals surface area contributed by atoms with Gasteiger partial charge in [-0.1, -0.05) is 43.8 Å². The fourth-order valence-corrected chi connectivity index (χ4v) is 8.05. The Morgan fingerprint density at radius 2 is 0.957 bits per heavy atom. The highest BCUT2D eigenvalue weighted by Crippen LogP contribution is 2.36. The number of benzene rings is 4. The van der Waals surface area contributed by atoms with Crippen LogP contribution in [0.1, 0.15) is 18.6 Å². The molecule has 0 radical (unpaired) electrons. The number of phenolic OH excluding ortho intramolecular Hbond substituents is 2. The molecular formula is C52H57N2O15+. The topological polar surface area (TPSA) is 211 Å². The number of quaternary nitrogens is 1. The molecule has 8 aromatic rings. The summed E-state index contributed by atoms with van der Waals surface area (Å²) < 4.78 is 43.0. The number of para-hydroxylation sites is 2. The molecular weight excluding hydrogens is 893 g/mol. The zero-order valence-corrected chi connectivity index (χ0v) is 38.4. The summed E-state index contributed by atoms with van der Waals surface area (Å²) in [5.74, 6) is -0.0640. The molecule has 0 spiro atoms. The number of methoxy groups -OCH3 is 4. The number of aromatic hydroxyl groups is 2. The van der Waals surface area contributed by atoms with Gasteiger partial charge in [-0.3, -0.25) is 4.90 Å². The van der Waals surface area contributed by atoms with Crippen LogP contribution in [-0.4, -0.2) is 108 Å². The van der Waals surface area contributed by atoms with E-state index in [1.165, 1.54) is 24.3 Å². The van der Waals surface area contributed by atoms with Gasteiger partial charge in [-0.25, -0.2) is 24.0 Å². The van der Waals surface area contributed by atoms with Gasteiger partial charge in [0.2, 0.25) is 0 Å². The van der Waals surface area contributed by atoms with Crippen LogP contribution in [0.15, 0.2) is 134 Å². The molecule has 2 N–H and O–H groups in total. The van der Waals surface area contributed by atoms with Crippen molar-refractivity contribution in [2.24, 2.45) is 0 Å². The highest BCUT2D eigenvalue weighted by Gasteiger charge is 2.32. The quantitative estimate of drug-likeness (QED) is 0.0458. The van der Waals surface area contributed by atoms with E-state index in [9.17, 15) is 29.4 Å². The summed E-state index contributed by atoms with van der Waals surface area (Å²) in [7, 11) is 7.98. The molecule has 0 saturated carbocycles. The number of hydroxylamine groups is 3. The molecule has 0 bridgehead atoms. The van der Waals surface area contributed by atoms with Gasteiger partial charge in [-0.15, -0.1) is 0 Å². The van der Waals surface area contributed by atoms with Crippen molar-refractivity contribution in [1.29, 1.82) is 0 Å². The van der Waals surface area contributed by atoms with Crippen LogP contribution in [0.25, 0.3) is 66.1 Å². The number of hydrogen-bond acceptors (Lipinski definition) is 16. The van der Waals surface area contributed by atoms with Crippen LogP contribution in [0.5, 0.6) is 11.5 Å². The Hall–Kier alpha value is -6.96. The van der Waals surface area contributed by atoms with E-state index in [2.05, 4.69) is 0 Å². The van der Waals surface area contributed by atoms with E-state index in [-0.39, 0.29) is 52.4 Å². The summed E-state index contributed by atoms with van der Waals surface area (Å²) in [6.45, 7) is 4.36. The minimum atomic E-state index is -0.656. The summed E-state index contributed by atoms with van der Waals surface area (Å²) in [5.41, 5.74) is 0.947. The predicted octanol–water partition coefficient (Wildman–Crippen LogP) is 7.45. The first kappa shape index (κ1) is 51.4. The van der Waals surface area contributed by atoms with Crippen LogP contribution in [-0.2, 0) is 36.9 Å². The largest absolute Gasteiger partial charge is 0.507 e. The van der Waals surface area contributed by atoms with Crippen LogP contribution in [0.4, 0.5) is 0 Å². The molecule has 8 rings (SSSR count). The zero-order chi connectivity index (χ0) is 48.4. The monoisotopic (exact) mass is 949 g/mol. The number of rotatable bonds is 19. The molecule has 0 aliphatic heterocycles. The Kier molecular flexibility index (Phi) is 17.4. The van der Waals surface area contributed by atoms with E-state index in [4.69, 9.17) is 41.5 Å². The lowest BCUT2D eigenvalue weighted by Crippen LogP contribution is -2.50. The molecule has 0 fully saturated rings. The van der Waals surface area contributed by atoms with Crippen LogP contribution in [0, 0.1) is 0 Å². The molecule has 17 nitrogen and oxygen atoms in total. The molecule has 69 heavy (non-hydrogen) atoms. The molecule has 0 saturated heterocycles. The third-order valence-corrected chi connectivity index (χ3v) is 11.7. The Morgan fingerprint density at radius 3 is 1.41 bits per heavy atom. The number of phenols is 2. The smallest absolute Gasteiger partial charge is 0.344 e. The zero-order valence-electron chi connectivity index (χ0n) is 38.4. The second-order valence-electron chi connectivity index (χ2n) is 15.9. The van der Waals surface area contributed by atoms with Crippen molar-refractivity contribution in [3.63, 3.8) is 0 Å². The maximum atomic E-state index is 12.9. The van der Waals surface area contributed by atoms with Gasteiger partial charge in [0.1, 0.15) is 47.9 Å². The van der Waals surface area contributed by atoms with Gasteiger partial charge >= 0.3 is 22.5 Å². The lowest BCUT2D eigenvalue weighted by Gasteiger charge is -2.34. The van der Waals surface area contributed by atoms with Crippen molar-refractivity contribution in [2.75, 3.05) is 88.2 Å². The highest BCUT2D eigenvalue weighted by molar-refractivity contribution is 5.98. The summed E-state index contributed by atoms with van der Waals surface area (Å²) in [6.07, 6.45) is 0. The van der Waals surface area contributed by atoms with Gasteiger partial charge in [-0.05, 0) is 48.5 Å². The minimum absolute atomic E-state index is 0. The molecule has 364 valence electrons. The van der Waals surface area contributed by atoms with Gasteiger partial charge in [-0.2, -0.15) is 4.65 Å². The van der Waals surface area contributed by atoms with Gasteiger partial charge in [0, 0.05) is 92.9 Å². The van der Waals surface area contributed by atoms with Crippen molar-refractivity contribution < 1.29 is 56.3 Å². The molecule has 4 aromatic carbocycles. The van der Waals surface area contributed by atoms with Crippen molar-refractivity contribution in [3.05, 3.63) is 150 Å². The SMILES string of the molecule is C.COCCN(CCOC)Cc1c(O)ccc2c(-c3cc4ccccc4oc3=O)cc(=O)oc12.COCC[N+](CCOC)(Cc1c(O)ccc2c(-c3cc4ccccc4oc3=O)cc(=O)oc12)OC. The third-order valence-electron chi connectivity index (χ3n) is 11.7. The molecule has 0 unspecified atom stereocenters. The van der Waals surface area contributed by atoms with Gasteiger partial charge in [0.15, 0.2) is 5.58 Å². The van der Waals surface area contributed by atoms with Crippen molar-refractivity contribution in [1.82, 2.24) is 4.90 Å². The number of ether oxygens (including phenoxy) is 4. The van der Waals surface area contributed by atoms with E-state index in [1.807, 2.05) is 29.2 Å². The van der Waals surface area contributed by atoms with Crippen LogP contribution < -0.4 is 22.5 Å². The highest BCUT2D eigenvalue weighted by atomic mass is 16.7. The normalized spacial score (nSPS) is 11.6. The number of fused-ring (bicyclic) bond motifs is 4. The lowest BCUT2D eigenvalue weighted by molar-refractivity contribution is -1.11. The molecule has 0 atom stereocenters. The molecule has 17 heteroatoms. The summed E-state index contributed by atoms with van der Waals surface area (Å²) in [5, 5.41) is 23.9. The Labute approximate surface area is 396 Å². The Balaban J connectivity index is 0.000000224. The van der Waals surface area contributed by atoms with Gasteiger partial charge < -0.3 is 46.8 Å². The molecule has 0 aliphatic rings. The first-order chi connectivity index (χ1) is 32.9. The first-order valence-corrected chi connectivity index (χ1v) is 21.7. The molecule has 4 aromatic heterocycles. The van der Waals surface area contributed by atoms with Crippen LogP contribution in [0.3, 0.4) is 0 Å². The van der Waals surface area contributed by atoms with E-state index < -0.39 is 22.5 Å². The maximum absolute atomic E-state index is 12.9. The number of nitrogens with zero attached hydrogens (tertiary/aromatic N) is 2.